The Bertz CT molecular complexity index is 446. The topological polar surface area (TPSA) is 54.3 Å². The van der Waals surface area contributed by atoms with Crippen molar-refractivity contribution in [3.8, 4) is 0 Å². The lowest BCUT2D eigenvalue weighted by Gasteiger charge is -2.38. The Kier molecular flexibility index (Phi) is 4.00. The summed E-state index contributed by atoms with van der Waals surface area (Å²) in [5.41, 5.74) is 0. The predicted molar refractivity (Wildman–Crippen MR) is 75.1 cm³/mol. The van der Waals surface area contributed by atoms with Gasteiger partial charge in [0.15, 0.2) is 0 Å². The zero-order valence-corrected chi connectivity index (χ0v) is 12.1. The van der Waals surface area contributed by atoms with Crippen molar-refractivity contribution >= 4 is 5.91 Å². The van der Waals surface area contributed by atoms with Crippen molar-refractivity contribution in [2.24, 2.45) is 0 Å². The number of likely N-dealkylation sites (tertiary alicyclic amines) is 2. The second-order valence-electron chi connectivity index (χ2n) is 5.95. The number of hydrogen-bond donors (Lipinski definition) is 0. The van der Waals surface area contributed by atoms with Gasteiger partial charge >= 0.3 is 0 Å². The van der Waals surface area contributed by atoms with Crippen LogP contribution in [0.25, 0.3) is 0 Å². The Balaban J connectivity index is 1.65. The number of likely N-dealkylation sites (N-methyl/N-ethyl adjacent to an activating group) is 1. The van der Waals surface area contributed by atoms with Gasteiger partial charge in [0.05, 0.1) is 12.1 Å². The maximum atomic E-state index is 12.7. The first-order valence-corrected chi connectivity index (χ1v) is 7.59. The fourth-order valence-electron chi connectivity index (χ4n) is 3.37. The monoisotopic (exact) mass is 277 g/mol. The number of carbonyl (C=O) groups is 1. The SMILES string of the molecule is CN1CCCCC1C(=O)N1CCCC(n2cncn2)C1. The molecule has 2 atom stereocenters. The van der Waals surface area contributed by atoms with Gasteiger partial charge in [-0.3, -0.25) is 9.69 Å². The lowest BCUT2D eigenvalue weighted by atomic mass is 9.99. The quantitative estimate of drug-likeness (QED) is 0.807. The second kappa shape index (κ2) is 5.91. The highest BCUT2D eigenvalue weighted by molar-refractivity contribution is 5.82. The summed E-state index contributed by atoms with van der Waals surface area (Å²) in [5, 5.41) is 4.22. The Hall–Kier alpha value is -1.43. The van der Waals surface area contributed by atoms with E-state index < -0.39 is 0 Å². The summed E-state index contributed by atoms with van der Waals surface area (Å²) in [6.07, 6.45) is 8.82. The van der Waals surface area contributed by atoms with E-state index in [1.165, 1.54) is 12.8 Å². The molecule has 20 heavy (non-hydrogen) atoms. The number of carbonyl (C=O) groups excluding carboxylic acids is 1. The van der Waals surface area contributed by atoms with Crippen LogP contribution in [0.3, 0.4) is 0 Å². The highest BCUT2D eigenvalue weighted by Gasteiger charge is 2.32. The molecule has 1 amide bonds. The number of nitrogens with zero attached hydrogens (tertiary/aromatic N) is 5. The highest BCUT2D eigenvalue weighted by Crippen LogP contribution is 2.23. The van der Waals surface area contributed by atoms with Gasteiger partial charge in [0.1, 0.15) is 12.7 Å². The molecule has 3 rings (SSSR count). The number of rotatable bonds is 2. The summed E-state index contributed by atoms with van der Waals surface area (Å²) in [7, 11) is 2.07. The van der Waals surface area contributed by atoms with E-state index in [9.17, 15) is 4.79 Å². The van der Waals surface area contributed by atoms with Crippen molar-refractivity contribution in [3.05, 3.63) is 12.7 Å². The molecule has 1 aromatic rings. The van der Waals surface area contributed by atoms with Crippen LogP contribution in [-0.4, -0.2) is 63.2 Å². The molecule has 0 spiro atoms. The normalized spacial score (nSPS) is 28.6. The van der Waals surface area contributed by atoms with Gasteiger partial charge in [-0.25, -0.2) is 9.67 Å². The molecule has 0 saturated carbocycles. The molecule has 1 aromatic heterocycles. The van der Waals surface area contributed by atoms with Gasteiger partial charge in [0, 0.05) is 13.1 Å². The van der Waals surface area contributed by atoms with Gasteiger partial charge in [0.2, 0.25) is 5.91 Å². The summed E-state index contributed by atoms with van der Waals surface area (Å²) < 4.78 is 1.89. The standard InChI is InChI=1S/C14H23N5O/c1-17-7-3-2-6-13(17)14(20)18-8-4-5-12(9-18)19-11-15-10-16-19/h10-13H,2-9H2,1H3. The van der Waals surface area contributed by atoms with Crippen LogP contribution in [0.5, 0.6) is 0 Å². The lowest BCUT2D eigenvalue weighted by Crippen LogP contribution is -2.52. The van der Waals surface area contributed by atoms with E-state index in [-0.39, 0.29) is 12.1 Å². The molecule has 0 N–H and O–H groups in total. The van der Waals surface area contributed by atoms with Crippen LogP contribution in [0.15, 0.2) is 12.7 Å². The molecule has 2 unspecified atom stereocenters. The van der Waals surface area contributed by atoms with E-state index >= 15 is 0 Å². The number of amides is 1. The third kappa shape index (κ3) is 2.70. The molecule has 0 radical (unpaired) electrons. The molecule has 0 aliphatic carbocycles. The van der Waals surface area contributed by atoms with Gasteiger partial charge < -0.3 is 4.90 Å². The first kappa shape index (κ1) is 13.5. The molecule has 110 valence electrons. The van der Waals surface area contributed by atoms with E-state index in [4.69, 9.17) is 0 Å². The molecule has 2 aliphatic rings. The van der Waals surface area contributed by atoms with Crippen molar-refractivity contribution < 1.29 is 4.79 Å². The van der Waals surface area contributed by atoms with Crippen LogP contribution in [-0.2, 0) is 4.79 Å². The van der Waals surface area contributed by atoms with E-state index in [0.717, 1.165) is 38.9 Å². The Morgan fingerprint density at radius 2 is 2.10 bits per heavy atom. The van der Waals surface area contributed by atoms with Crippen molar-refractivity contribution in [2.45, 2.75) is 44.2 Å². The average Bonchev–Trinajstić information content (AvgIpc) is 3.01. The number of hydrogen-bond acceptors (Lipinski definition) is 4. The van der Waals surface area contributed by atoms with Crippen LogP contribution in [0.1, 0.15) is 38.1 Å². The fourth-order valence-corrected chi connectivity index (χ4v) is 3.37. The van der Waals surface area contributed by atoms with Gasteiger partial charge in [-0.05, 0) is 39.3 Å². The smallest absolute Gasteiger partial charge is 0.239 e. The van der Waals surface area contributed by atoms with Crippen LogP contribution in [0.2, 0.25) is 0 Å². The molecule has 6 nitrogen and oxygen atoms in total. The Morgan fingerprint density at radius 3 is 2.85 bits per heavy atom. The zero-order chi connectivity index (χ0) is 13.9. The van der Waals surface area contributed by atoms with Crippen LogP contribution in [0.4, 0.5) is 0 Å². The molecule has 6 heteroatoms. The number of piperidine rings is 2. The van der Waals surface area contributed by atoms with E-state index in [1.807, 2.05) is 9.58 Å². The van der Waals surface area contributed by atoms with Crippen LogP contribution in [0, 0.1) is 0 Å². The van der Waals surface area contributed by atoms with Crippen LogP contribution >= 0.6 is 0 Å². The zero-order valence-electron chi connectivity index (χ0n) is 12.1. The van der Waals surface area contributed by atoms with Crippen molar-refractivity contribution in [2.75, 3.05) is 26.7 Å². The molecular formula is C14H23N5O. The Morgan fingerprint density at radius 1 is 1.20 bits per heavy atom. The van der Waals surface area contributed by atoms with Gasteiger partial charge in [-0.2, -0.15) is 5.10 Å². The molecule has 3 heterocycles. The minimum atomic E-state index is 0.0817. The maximum Gasteiger partial charge on any atom is 0.239 e. The van der Waals surface area contributed by atoms with E-state index in [1.54, 1.807) is 12.7 Å². The predicted octanol–water partition coefficient (Wildman–Crippen LogP) is 0.926. The van der Waals surface area contributed by atoms with E-state index in [2.05, 4.69) is 22.0 Å². The molecule has 2 fully saturated rings. The minimum Gasteiger partial charge on any atom is -0.339 e. The van der Waals surface area contributed by atoms with Gasteiger partial charge in [-0.1, -0.05) is 6.42 Å². The maximum absolute atomic E-state index is 12.7. The highest BCUT2D eigenvalue weighted by atomic mass is 16.2. The molecule has 0 aromatic carbocycles. The minimum absolute atomic E-state index is 0.0817. The fraction of sp³-hybridized carbons (Fsp3) is 0.786. The average molecular weight is 277 g/mol. The molecule has 2 saturated heterocycles. The molecular weight excluding hydrogens is 254 g/mol. The van der Waals surface area contributed by atoms with Crippen molar-refractivity contribution in [1.29, 1.82) is 0 Å². The van der Waals surface area contributed by atoms with Crippen molar-refractivity contribution in [3.63, 3.8) is 0 Å². The molecule has 2 aliphatic heterocycles. The lowest BCUT2D eigenvalue weighted by molar-refractivity contribution is -0.139. The van der Waals surface area contributed by atoms with Gasteiger partial charge in [0.25, 0.3) is 0 Å². The third-order valence-corrected chi connectivity index (χ3v) is 4.57. The summed E-state index contributed by atoms with van der Waals surface area (Å²) in [4.78, 5) is 21.0. The third-order valence-electron chi connectivity index (χ3n) is 4.57. The molecule has 0 bridgehead atoms. The first-order valence-electron chi connectivity index (χ1n) is 7.59. The summed E-state index contributed by atoms with van der Waals surface area (Å²) >= 11 is 0. The summed E-state index contributed by atoms with van der Waals surface area (Å²) in [6, 6.07) is 0.363. The summed E-state index contributed by atoms with van der Waals surface area (Å²) in [5.74, 6) is 0.303. The van der Waals surface area contributed by atoms with Gasteiger partial charge in [-0.15, -0.1) is 0 Å². The number of aromatic nitrogens is 3. The Labute approximate surface area is 119 Å². The van der Waals surface area contributed by atoms with E-state index in [0.29, 0.717) is 5.91 Å². The van der Waals surface area contributed by atoms with Crippen LogP contribution < -0.4 is 0 Å². The first-order chi connectivity index (χ1) is 9.75. The summed E-state index contributed by atoms with van der Waals surface area (Å²) in [6.45, 7) is 2.69. The second-order valence-corrected chi connectivity index (χ2v) is 5.95. The largest absolute Gasteiger partial charge is 0.339 e. The van der Waals surface area contributed by atoms with Crippen molar-refractivity contribution in [1.82, 2.24) is 24.6 Å².